The number of hydrogen-bond donors (Lipinski definition) is 1. The van der Waals surface area contributed by atoms with E-state index in [0.717, 1.165) is 6.54 Å². The molecule has 15 heavy (non-hydrogen) atoms. The molecule has 3 nitrogen and oxygen atoms in total. The van der Waals surface area contributed by atoms with Crippen LogP contribution in [0.15, 0.2) is 0 Å². The van der Waals surface area contributed by atoms with E-state index in [0.29, 0.717) is 17.9 Å². The summed E-state index contributed by atoms with van der Waals surface area (Å²) in [5, 5.41) is 3.28. The second-order valence-corrected chi connectivity index (χ2v) is 7.40. The quantitative estimate of drug-likeness (QED) is 0.677. The smallest absolute Gasteiger partial charge is 0.151 e. The first-order valence-electron chi connectivity index (χ1n) is 5.83. The van der Waals surface area contributed by atoms with Crippen molar-refractivity contribution in [3.8, 4) is 0 Å². The lowest BCUT2D eigenvalue weighted by Gasteiger charge is -2.19. The Morgan fingerprint density at radius 2 is 1.93 bits per heavy atom. The summed E-state index contributed by atoms with van der Waals surface area (Å²) in [4.78, 5) is 0. The lowest BCUT2D eigenvalue weighted by atomic mass is 9.92. The zero-order chi connectivity index (χ0) is 11.5. The maximum atomic E-state index is 11.2. The fourth-order valence-corrected chi connectivity index (χ4v) is 2.57. The van der Waals surface area contributed by atoms with Crippen molar-refractivity contribution in [2.24, 2.45) is 11.3 Å². The van der Waals surface area contributed by atoms with E-state index in [1.165, 1.54) is 12.8 Å². The Balaban J connectivity index is 2.18. The molecule has 0 unspecified atom stereocenters. The van der Waals surface area contributed by atoms with Crippen molar-refractivity contribution in [3.05, 3.63) is 0 Å². The van der Waals surface area contributed by atoms with Gasteiger partial charge in [0.05, 0.1) is 5.75 Å². The van der Waals surface area contributed by atoms with Crippen LogP contribution in [0.5, 0.6) is 0 Å². The molecule has 90 valence electrons. The second kappa shape index (κ2) is 4.83. The normalized spacial score (nSPS) is 19.5. The summed E-state index contributed by atoms with van der Waals surface area (Å²) < 4.78 is 22.5. The van der Waals surface area contributed by atoms with Gasteiger partial charge in [0.15, 0.2) is 9.84 Å². The first kappa shape index (κ1) is 13.0. The lowest BCUT2D eigenvalue weighted by molar-refractivity contribution is 0.341. The van der Waals surface area contributed by atoms with E-state index in [1.54, 1.807) is 6.92 Å². The van der Waals surface area contributed by atoms with Gasteiger partial charge < -0.3 is 5.32 Å². The fourth-order valence-electron chi connectivity index (χ4n) is 1.83. The summed E-state index contributed by atoms with van der Waals surface area (Å²) in [6.45, 7) is 7.77. The van der Waals surface area contributed by atoms with Crippen LogP contribution in [0.1, 0.15) is 33.6 Å². The van der Waals surface area contributed by atoms with Crippen molar-refractivity contribution in [1.82, 2.24) is 5.32 Å². The minimum Gasteiger partial charge on any atom is -0.315 e. The number of nitrogens with one attached hydrogen (secondary N) is 1. The summed E-state index contributed by atoms with van der Waals surface area (Å²) in [5.74, 6) is 1.23. The van der Waals surface area contributed by atoms with E-state index < -0.39 is 9.84 Å². The Hall–Kier alpha value is -0.0900. The topological polar surface area (TPSA) is 46.2 Å². The standard InChI is InChI=1S/C11H23NO2S/c1-4-15(13,14)8-7-12-9-11(5-6-11)10(2)3/h10,12H,4-9H2,1-3H3. The summed E-state index contributed by atoms with van der Waals surface area (Å²) in [7, 11) is -2.80. The molecule has 0 saturated heterocycles. The molecular weight excluding hydrogens is 210 g/mol. The summed E-state index contributed by atoms with van der Waals surface area (Å²) in [5.41, 5.74) is 0.468. The third kappa shape index (κ3) is 3.76. The van der Waals surface area contributed by atoms with E-state index in [9.17, 15) is 8.42 Å². The average molecular weight is 233 g/mol. The molecule has 0 heterocycles. The molecular formula is C11H23NO2S. The molecule has 1 aliphatic rings. The molecule has 0 amide bonds. The van der Waals surface area contributed by atoms with Crippen LogP contribution in [-0.2, 0) is 9.84 Å². The highest BCUT2D eigenvalue weighted by Gasteiger charge is 2.44. The number of rotatable bonds is 7. The molecule has 0 aromatic carbocycles. The van der Waals surface area contributed by atoms with Gasteiger partial charge in [-0.15, -0.1) is 0 Å². The highest BCUT2D eigenvalue weighted by atomic mass is 32.2. The summed E-state index contributed by atoms with van der Waals surface area (Å²) in [6, 6.07) is 0. The SMILES string of the molecule is CCS(=O)(=O)CCNCC1(C(C)C)CC1. The summed E-state index contributed by atoms with van der Waals surface area (Å²) in [6.07, 6.45) is 2.58. The van der Waals surface area contributed by atoms with Gasteiger partial charge >= 0.3 is 0 Å². The molecule has 0 bridgehead atoms. The molecule has 1 fully saturated rings. The maximum absolute atomic E-state index is 11.2. The monoisotopic (exact) mass is 233 g/mol. The Kier molecular flexibility index (Phi) is 4.18. The maximum Gasteiger partial charge on any atom is 0.151 e. The third-order valence-corrected chi connectivity index (χ3v) is 5.33. The Labute approximate surface area is 93.6 Å². The van der Waals surface area contributed by atoms with Gasteiger partial charge in [-0.1, -0.05) is 20.8 Å². The fraction of sp³-hybridized carbons (Fsp3) is 1.00. The van der Waals surface area contributed by atoms with Crippen molar-refractivity contribution in [2.75, 3.05) is 24.6 Å². The summed E-state index contributed by atoms with van der Waals surface area (Å²) >= 11 is 0. The molecule has 0 aromatic rings. The molecule has 1 rings (SSSR count). The van der Waals surface area contributed by atoms with Gasteiger partial charge in [0.1, 0.15) is 0 Å². The van der Waals surface area contributed by atoms with Gasteiger partial charge in [0.2, 0.25) is 0 Å². The van der Waals surface area contributed by atoms with Gasteiger partial charge in [0, 0.05) is 18.8 Å². The first-order chi connectivity index (χ1) is 6.92. The minimum absolute atomic E-state index is 0.254. The largest absolute Gasteiger partial charge is 0.315 e. The van der Waals surface area contributed by atoms with E-state index in [-0.39, 0.29) is 11.5 Å². The number of hydrogen-bond acceptors (Lipinski definition) is 3. The van der Waals surface area contributed by atoms with Gasteiger partial charge in [-0.3, -0.25) is 0 Å². The molecule has 4 heteroatoms. The zero-order valence-electron chi connectivity index (χ0n) is 10.0. The van der Waals surface area contributed by atoms with Crippen molar-refractivity contribution in [2.45, 2.75) is 33.6 Å². The average Bonchev–Trinajstić information content (AvgIpc) is 2.94. The molecule has 0 aromatic heterocycles. The van der Waals surface area contributed by atoms with Gasteiger partial charge in [-0.2, -0.15) is 0 Å². The molecule has 0 aliphatic heterocycles. The predicted octanol–water partition coefficient (Wildman–Crippen LogP) is 1.45. The van der Waals surface area contributed by atoms with Crippen molar-refractivity contribution in [1.29, 1.82) is 0 Å². The Morgan fingerprint density at radius 1 is 1.33 bits per heavy atom. The third-order valence-electron chi connectivity index (χ3n) is 3.62. The van der Waals surface area contributed by atoms with Crippen LogP contribution in [0.3, 0.4) is 0 Å². The molecule has 1 aliphatic carbocycles. The van der Waals surface area contributed by atoms with Crippen molar-refractivity contribution < 1.29 is 8.42 Å². The molecule has 1 saturated carbocycles. The first-order valence-corrected chi connectivity index (χ1v) is 7.65. The number of sulfone groups is 1. The van der Waals surface area contributed by atoms with Gasteiger partial charge in [-0.05, 0) is 24.2 Å². The van der Waals surface area contributed by atoms with Crippen LogP contribution in [0, 0.1) is 11.3 Å². The van der Waals surface area contributed by atoms with Crippen LogP contribution in [-0.4, -0.2) is 33.0 Å². The molecule has 0 atom stereocenters. The second-order valence-electron chi connectivity index (χ2n) is 4.93. The molecule has 0 radical (unpaired) electrons. The van der Waals surface area contributed by atoms with Crippen molar-refractivity contribution >= 4 is 9.84 Å². The molecule has 0 spiro atoms. The van der Waals surface area contributed by atoms with Crippen LogP contribution < -0.4 is 5.32 Å². The van der Waals surface area contributed by atoms with Crippen LogP contribution in [0.4, 0.5) is 0 Å². The lowest BCUT2D eigenvalue weighted by Crippen LogP contribution is -2.31. The van der Waals surface area contributed by atoms with Crippen LogP contribution in [0.25, 0.3) is 0 Å². The van der Waals surface area contributed by atoms with Crippen LogP contribution in [0.2, 0.25) is 0 Å². The van der Waals surface area contributed by atoms with E-state index >= 15 is 0 Å². The van der Waals surface area contributed by atoms with Crippen LogP contribution >= 0.6 is 0 Å². The van der Waals surface area contributed by atoms with Gasteiger partial charge in [0.25, 0.3) is 0 Å². The Bertz CT molecular complexity index is 292. The van der Waals surface area contributed by atoms with Crippen molar-refractivity contribution in [3.63, 3.8) is 0 Å². The van der Waals surface area contributed by atoms with E-state index in [4.69, 9.17) is 0 Å². The van der Waals surface area contributed by atoms with Gasteiger partial charge in [-0.25, -0.2) is 8.42 Å². The minimum atomic E-state index is -2.80. The highest BCUT2D eigenvalue weighted by Crippen LogP contribution is 2.51. The van der Waals surface area contributed by atoms with E-state index in [1.807, 2.05) is 0 Å². The Morgan fingerprint density at radius 3 is 2.33 bits per heavy atom. The van der Waals surface area contributed by atoms with E-state index in [2.05, 4.69) is 19.2 Å². The predicted molar refractivity (Wildman–Crippen MR) is 63.7 cm³/mol. The zero-order valence-corrected chi connectivity index (χ0v) is 10.9. The highest BCUT2D eigenvalue weighted by molar-refractivity contribution is 7.91. The molecule has 1 N–H and O–H groups in total.